The Bertz CT molecular complexity index is 618. The first-order valence-corrected chi connectivity index (χ1v) is 6.98. The standard InChI is InChI=1S/C14H12ClNOS/c1-7-3-4-9-11(5-7)18-14-10(16-9)6-8(2)13(17)12(14)15/h3-6,12,16H,1-2H3. The van der Waals surface area contributed by atoms with Crippen LogP contribution in [0.3, 0.4) is 0 Å². The van der Waals surface area contributed by atoms with Crippen molar-refractivity contribution in [2.24, 2.45) is 0 Å². The van der Waals surface area contributed by atoms with Crippen molar-refractivity contribution in [3.63, 3.8) is 0 Å². The van der Waals surface area contributed by atoms with Crippen molar-refractivity contribution >= 4 is 34.8 Å². The van der Waals surface area contributed by atoms with Crippen molar-refractivity contribution in [2.45, 2.75) is 24.1 Å². The molecule has 18 heavy (non-hydrogen) atoms. The quantitative estimate of drug-likeness (QED) is 0.730. The molecule has 92 valence electrons. The van der Waals surface area contributed by atoms with E-state index in [1.54, 1.807) is 18.7 Å². The van der Waals surface area contributed by atoms with Gasteiger partial charge in [-0.15, -0.1) is 11.6 Å². The van der Waals surface area contributed by atoms with Gasteiger partial charge in [0.2, 0.25) is 0 Å². The van der Waals surface area contributed by atoms with E-state index in [0.29, 0.717) is 5.57 Å². The minimum Gasteiger partial charge on any atom is -0.354 e. The highest BCUT2D eigenvalue weighted by atomic mass is 35.5. The van der Waals surface area contributed by atoms with E-state index in [2.05, 4.69) is 30.4 Å². The highest BCUT2D eigenvalue weighted by Gasteiger charge is 2.32. The van der Waals surface area contributed by atoms with Crippen LogP contribution in [0.4, 0.5) is 5.69 Å². The van der Waals surface area contributed by atoms with Crippen LogP contribution in [-0.2, 0) is 4.79 Å². The summed E-state index contributed by atoms with van der Waals surface area (Å²) in [5, 5.41) is 2.79. The number of carbonyl (C=O) groups excluding carboxylic acids is 1. The Morgan fingerprint density at radius 2 is 2.11 bits per heavy atom. The second kappa shape index (κ2) is 4.18. The van der Waals surface area contributed by atoms with Crippen LogP contribution in [0.5, 0.6) is 0 Å². The lowest BCUT2D eigenvalue weighted by atomic mass is 10.0. The number of allylic oxidation sites excluding steroid dienone is 3. The number of anilines is 1. The highest BCUT2D eigenvalue weighted by Crippen LogP contribution is 2.45. The minimum atomic E-state index is -0.559. The van der Waals surface area contributed by atoms with Gasteiger partial charge in [0.1, 0.15) is 5.38 Å². The molecule has 0 saturated heterocycles. The van der Waals surface area contributed by atoms with Crippen LogP contribution < -0.4 is 5.32 Å². The first-order chi connectivity index (χ1) is 8.56. The Morgan fingerprint density at radius 3 is 2.89 bits per heavy atom. The molecule has 2 nitrogen and oxygen atoms in total. The van der Waals surface area contributed by atoms with E-state index in [4.69, 9.17) is 11.6 Å². The molecule has 1 N–H and O–H groups in total. The number of Topliss-reactive ketones (excluding diaryl/α,β-unsaturated/α-hetero) is 1. The zero-order chi connectivity index (χ0) is 12.9. The number of carbonyl (C=O) groups is 1. The van der Waals surface area contributed by atoms with Crippen LogP contribution in [0.1, 0.15) is 12.5 Å². The van der Waals surface area contributed by atoms with Gasteiger partial charge in [-0.3, -0.25) is 4.79 Å². The summed E-state index contributed by atoms with van der Waals surface area (Å²) in [7, 11) is 0. The molecule has 0 amide bonds. The molecule has 2 aliphatic rings. The highest BCUT2D eigenvalue weighted by molar-refractivity contribution is 8.03. The van der Waals surface area contributed by atoms with Gasteiger partial charge in [0, 0.05) is 9.80 Å². The van der Waals surface area contributed by atoms with Crippen LogP contribution in [-0.4, -0.2) is 11.2 Å². The van der Waals surface area contributed by atoms with Crippen molar-refractivity contribution in [3.8, 4) is 0 Å². The van der Waals surface area contributed by atoms with E-state index >= 15 is 0 Å². The maximum atomic E-state index is 11.9. The van der Waals surface area contributed by atoms with Crippen LogP contribution in [0.25, 0.3) is 0 Å². The van der Waals surface area contributed by atoms with Gasteiger partial charge >= 0.3 is 0 Å². The number of thioether (sulfide) groups is 1. The molecule has 0 radical (unpaired) electrons. The van der Waals surface area contributed by atoms with Crippen LogP contribution in [0, 0.1) is 6.92 Å². The van der Waals surface area contributed by atoms with E-state index < -0.39 is 5.38 Å². The summed E-state index contributed by atoms with van der Waals surface area (Å²) in [5.41, 5.74) is 3.93. The molecule has 1 aliphatic carbocycles. The first-order valence-electron chi connectivity index (χ1n) is 5.72. The molecule has 0 spiro atoms. The third-order valence-corrected chi connectivity index (χ3v) is 4.88. The zero-order valence-electron chi connectivity index (χ0n) is 10.1. The minimum absolute atomic E-state index is 0.000759. The van der Waals surface area contributed by atoms with Gasteiger partial charge in [-0.25, -0.2) is 0 Å². The molecular formula is C14H12ClNOS. The Kier molecular flexibility index (Phi) is 2.76. The van der Waals surface area contributed by atoms with Gasteiger partial charge in [0.15, 0.2) is 5.78 Å². The number of ketones is 1. The number of nitrogens with one attached hydrogen (secondary N) is 1. The van der Waals surface area contributed by atoms with Crippen LogP contribution in [0.2, 0.25) is 0 Å². The average Bonchev–Trinajstić information content (AvgIpc) is 2.35. The fourth-order valence-electron chi connectivity index (χ4n) is 2.10. The van der Waals surface area contributed by atoms with E-state index in [0.717, 1.165) is 21.2 Å². The molecule has 1 atom stereocenters. The maximum Gasteiger partial charge on any atom is 0.181 e. The van der Waals surface area contributed by atoms with Crippen molar-refractivity contribution in [2.75, 3.05) is 5.32 Å². The molecule has 3 rings (SSSR count). The van der Waals surface area contributed by atoms with E-state index in [9.17, 15) is 4.79 Å². The number of rotatable bonds is 0. The maximum absolute atomic E-state index is 11.9. The molecule has 4 heteroatoms. The monoisotopic (exact) mass is 277 g/mol. The van der Waals surface area contributed by atoms with Gasteiger partial charge < -0.3 is 5.32 Å². The predicted octanol–water partition coefficient (Wildman–Crippen LogP) is 3.86. The van der Waals surface area contributed by atoms with E-state index in [1.165, 1.54) is 5.56 Å². The van der Waals surface area contributed by atoms with Crippen molar-refractivity contribution in [3.05, 3.63) is 46.0 Å². The van der Waals surface area contributed by atoms with E-state index in [-0.39, 0.29) is 5.78 Å². The van der Waals surface area contributed by atoms with Gasteiger partial charge in [0.05, 0.1) is 11.4 Å². The summed E-state index contributed by atoms with van der Waals surface area (Å²) in [4.78, 5) is 13.9. The molecule has 1 aliphatic heterocycles. The summed E-state index contributed by atoms with van der Waals surface area (Å²) in [6.07, 6.45) is 1.88. The van der Waals surface area contributed by atoms with Crippen molar-refractivity contribution in [1.29, 1.82) is 0 Å². The van der Waals surface area contributed by atoms with Crippen molar-refractivity contribution < 1.29 is 4.79 Å². The van der Waals surface area contributed by atoms with Gasteiger partial charge in [0.25, 0.3) is 0 Å². The molecular weight excluding hydrogens is 266 g/mol. The summed E-state index contributed by atoms with van der Waals surface area (Å²) < 4.78 is 0. The van der Waals surface area contributed by atoms with Crippen LogP contribution >= 0.6 is 23.4 Å². The predicted molar refractivity (Wildman–Crippen MR) is 76.1 cm³/mol. The number of alkyl halides is 1. The fraction of sp³-hybridized carbons (Fsp3) is 0.214. The number of fused-ring (bicyclic) bond motifs is 1. The summed E-state index contributed by atoms with van der Waals surface area (Å²) in [5.74, 6) is 0.000759. The molecule has 0 aromatic heterocycles. The third kappa shape index (κ3) is 1.78. The summed E-state index contributed by atoms with van der Waals surface area (Å²) in [6.45, 7) is 3.86. The van der Waals surface area contributed by atoms with Gasteiger partial charge in [-0.2, -0.15) is 0 Å². The molecule has 1 aromatic rings. The normalized spacial score (nSPS) is 22.1. The Labute approximate surface area is 115 Å². The van der Waals surface area contributed by atoms with Gasteiger partial charge in [-0.1, -0.05) is 17.8 Å². The number of aryl methyl sites for hydroxylation is 1. The number of halogens is 1. The lowest BCUT2D eigenvalue weighted by Crippen LogP contribution is -2.25. The van der Waals surface area contributed by atoms with Gasteiger partial charge in [-0.05, 0) is 43.2 Å². The molecule has 1 heterocycles. The topological polar surface area (TPSA) is 29.1 Å². The zero-order valence-corrected chi connectivity index (χ0v) is 11.7. The van der Waals surface area contributed by atoms with Crippen LogP contribution in [0.15, 0.2) is 45.3 Å². The molecule has 1 unspecified atom stereocenters. The Morgan fingerprint density at radius 1 is 1.33 bits per heavy atom. The second-order valence-corrected chi connectivity index (χ2v) is 6.08. The Hall–Kier alpha value is -1.19. The lowest BCUT2D eigenvalue weighted by Gasteiger charge is -2.28. The smallest absolute Gasteiger partial charge is 0.181 e. The third-order valence-electron chi connectivity index (χ3n) is 3.10. The number of benzene rings is 1. The molecule has 0 fully saturated rings. The molecule has 0 saturated carbocycles. The second-order valence-electron chi connectivity index (χ2n) is 4.56. The molecule has 0 bridgehead atoms. The number of hydrogen-bond donors (Lipinski definition) is 1. The summed E-state index contributed by atoms with van der Waals surface area (Å²) in [6, 6.07) is 6.24. The number of hydrogen-bond acceptors (Lipinski definition) is 3. The fourth-order valence-corrected chi connectivity index (χ4v) is 3.66. The Balaban J connectivity index is 2.07. The average molecular weight is 278 g/mol. The first kappa shape index (κ1) is 11.9. The van der Waals surface area contributed by atoms with Crippen molar-refractivity contribution in [1.82, 2.24) is 0 Å². The van der Waals surface area contributed by atoms with E-state index in [1.807, 2.05) is 6.08 Å². The largest absolute Gasteiger partial charge is 0.354 e. The lowest BCUT2D eigenvalue weighted by molar-refractivity contribution is -0.114. The SMILES string of the molecule is CC1=CC2=C(Sc3cc(C)ccc3N2)C(Cl)C1=O. The molecule has 1 aromatic carbocycles. The summed E-state index contributed by atoms with van der Waals surface area (Å²) >= 11 is 7.82.